The van der Waals surface area contributed by atoms with Gasteiger partial charge in [-0.05, 0) is 32.1 Å². The fourth-order valence-electron chi connectivity index (χ4n) is 2.48. The molecule has 9 heteroatoms. The van der Waals surface area contributed by atoms with E-state index in [4.69, 9.17) is 22.1 Å². The standard InChI is InChI=1S/C15H23N3O5S/c1-8(2)3-4-16-5-9-6-18(15(24)17-13(9)22)14-12(21)11(20)10(7-19)23-14/h6,10-12,14,16,19-21H,1,3-5,7H2,2H3,(H,17,22,24)/t10-,11-,12-,14-/m1/s1. The number of aliphatic hydroxyl groups is 3. The van der Waals surface area contributed by atoms with E-state index in [1.54, 1.807) is 0 Å². The molecule has 0 unspecified atom stereocenters. The van der Waals surface area contributed by atoms with Gasteiger partial charge in [0.1, 0.15) is 18.3 Å². The molecular formula is C15H23N3O5S. The Labute approximate surface area is 144 Å². The molecule has 0 radical (unpaired) electrons. The minimum Gasteiger partial charge on any atom is -0.394 e. The Morgan fingerprint density at radius 2 is 2.21 bits per heavy atom. The minimum atomic E-state index is -1.26. The van der Waals surface area contributed by atoms with Crippen LogP contribution in [0.15, 0.2) is 23.1 Å². The summed E-state index contributed by atoms with van der Waals surface area (Å²) in [5, 5.41) is 32.3. The molecule has 0 aliphatic carbocycles. The Morgan fingerprint density at radius 1 is 1.50 bits per heavy atom. The molecule has 1 aromatic rings. The van der Waals surface area contributed by atoms with Crippen LogP contribution in [0.4, 0.5) is 0 Å². The van der Waals surface area contributed by atoms with Gasteiger partial charge in [-0.2, -0.15) is 0 Å². The van der Waals surface area contributed by atoms with Gasteiger partial charge in [-0.25, -0.2) is 0 Å². The van der Waals surface area contributed by atoms with E-state index >= 15 is 0 Å². The first kappa shape index (κ1) is 19.0. The number of aromatic nitrogens is 2. The van der Waals surface area contributed by atoms with Crippen LogP contribution in [-0.2, 0) is 11.3 Å². The van der Waals surface area contributed by atoms with Gasteiger partial charge in [0.05, 0.1) is 6.61 Å². The van der Waals surface area contributed by atoms with Gasteiger partial charge in [-0.15, -0.1) is 6.58 Å². The topological polar surface area (TPSA) is 120 Å². The Bertz CT molecular complexity index is 701. The van der Waals surface area contributed by atoms with Crippen molar-refractivity contribution >= 4 is 12.2 Å². The number of aromatic amines is 1. The summed E-state index contributed by atoms with van der Waals surface area (Å²) < 4.78 is 6.90. The maximum Gasteiger partial charge on any atom is 0.256 e. The van der Waals surface area contributed by atoms with E-state index in [-0.39, 0.29) is 10.3 Å². The van der Waals surface area contributed by atoms with Crippen molar-refractivity contribution in [2.75, 3.05) is 13.2 Å². The van der Waals surface area contributed by atoms with Crippen molar-refractivity contribution < 1.29 is 20.1 Å². The number of nitrogens with one attached hydrogen (secondary N) is 2. The van der Waals surface area contributed by atoms with Crippen molar-refractivity contribution in [2.45, 2.75) is 44.4 Å². The van der Waals surface area contributed by atoms with Gasteiger partial charge in [-0.1, -0.05) is 5.57 Å². The second-order valence-corrected chi connectivity index (χ2v) is 6.32. The Kier molecular flexibility index (Phi) is 6.44. The van der Waals surface area contributed by atoms with Crippen LogP contribution in [0.3, 0.4) is 0 Å². The zero-order valence-corrected chi connectivity index (χ0v) is 14.3. The highest BCUT2D eigenvalue weighted by molar-refractivity contribution is 7.71. The first-order chi connectivity index (χ1) is 11.3. The Balaban J connectivity index is 2.19. The third-order valence-electron chi connectivity index (χ3n) is 3.88. The van der Waals surface area contributed by atoms with Crippen LogP contribution in [-0.4, -0.2) is 56.3 Å². The lowest BCUT2D eigenvalue weighted by molar-refractivity contribution is -0.0542. The first-order valence-electron chi connectivity index (χ1n) is 7.67. The van der Waals surface area contributed by atoms with E-state index < -0.39 is 31.1 Å². The lowest BCUT2D eigenvalue weighted by Crippen LogP contribution is -2.34. The summed E-state index contributed by atoms with van der Waals surface area (Å²) in [6.07, 6.45) is -2.08. The molecule has 1 fully saturated rings. The van der Waals surface area contributed by atoms with Gasteiger partial charge >= 0.3 is 0 Å². The lowest BCUT2D eigenvalue weighted by atomic mass is 10.1. The van der Waals surface area contributed by atoms with Crippen molar-refractivity contribution in [1.29, 1.82) is 0 Å². The molecule has 1 aliphatic rings. The van der Waals surface area contributed by atoms with Crippen molar-refractivity contribution in [2.24, 2.45) is 0 Å². The SMILES string of the molecule is C=C(C)CCNCc1cn([C@@H]2O[C@H](CO)[C@@H](O)[C@H]2O)c(=S)[nH]c1=O. The quantitative estimate of drug-likeness (QED) is 0.255. The smallest absolute Gasteiger partial charge is 0.256 e. The molecule has 1 saturated heterocycles. The van der Waals surface area contributed by atoms with Crippen LogP contribution >= 0.6 is 12.2 Å². The molecule has 0 amide bonds. The lowest BCUT2D eigenvalue weighted by Gasteiger charge is -2.19. The Morgan fingerprint density at radius 3 is 2.79 bits per heavy atom. The van der Waals surface area contributed by atoms with E-state index in [1.165, 1.54) is 10.8 Å². The molecular weight excluding hydrogens is 334 g/mol. The summed E-state index contributed by atoms with van der Waals surface area (Å²) in [5.74, 6) is 0. The molecule has 8 nitrogen and oxygen atoms in total. The van der Waals surface area contributed by atoms with Gasteiger partial charge in [0, 0.05) is 18.3 Å². The number of H-pyrrole nitrogens is 1. The normalized spacial score (nSPS) is 26.7. The largest absolute Gasteiger partial charge is 0.394 e. The zero-order chi connectivity index (χ0) is 17.9. The van der Waals surface area contributed by atoms with E-state index in [0.717, 1.165) is 12.0 Å². The van der Waals surface area contributed by atoms with Crippen LogP contribution in [0.5, 0.6) is 0 Å². The zero-order valence-electron chi connectivity index (χ0n) is 13.4. The number of rotatable bonds is 7. The molecule has 1 aliphatic heterocycles. The number of hydrogen-bond donors (Lipinski definition) is 5. The van der Waals surface area contributed by atoms with Crippen LogP contribution in [0.1, 0.15) is 25.1 Å². The summed E-state index contributed by atoms with van der Waals surface area (Å²) in [6, 6.07) is 0. The van der Waals surface area contributed by atoms with Crippen LogP contribution in [0.25, 0.3) is 0 Å². The predicted octanol–water partition coefficient (Wildman–Crippen LogP) is -0.427. The van der Waals surface area contributed by atoms with Gasteiger partial charge < -0.3 is 25.4 Å². The van der Waals surface area contributed by atoms with Crippen molar-refractivity contribution in [3.05, 3.63) is 39.0 Å². The van der Waals surface area contributed by atoms with Gasteiger partial charge in [0.2, 0.25) is 0 Å². The maximum atomic E-state index is 12.0. The van der Waals surface area contributed by atoms with Crippen molar-refractivity contribution in [1.82, 2.24) is 14.9 Å². The fourth-order valence-corrected chi connectivity index (χ4v) is 2.73. The second kappa shape index (κ2) is 8.15. The number of aliphatic hydroxyl groups excluding tert-OH is 3. The molecule has 0 aromatic carbocycles. The molecule has 0 saturated carbocycles. The third-order valence-corrected chi connectivity index (χ3v) is 4.19. The summed E-state index contributed by atoms with van der Waals surface area (Å²) >= 11 is 5.11. The van der Waals surface area contributed by atoms with E-state index in [9.17, 15) is 15.0 Å². The molecule has 134 valence electrons. The molecule has 2 heterocycles. The predicted molar refractivity (Wildman–Crippen MR) is 90.0 cm³/mol. The van der Waals surface area contributed by atoms with Crippen molar-refractivity contribution in [3.63, 3.8) is 0 Å². The molecule has 5 N–H and O–H groups in total. The van der Waals surface area contributed by atoms with E-state index in [1.807, 2.05) is 6.92 Å². The second-order valence-electron chi connectivity index (χ2n) is 5.93. The summed E-state index contributed by atoms with van der Waals surface area (Å²) in [6.45, 7) is 6.30. The number of ether oxygens (including phenoxy) is 1. The van der Waals surface area contributed by atoms with E-state index in [0.29, 0.717) is 18.7 Å². The van der Waals surface area contributed by atoms with Gasteiger partial charge in [0.15, 0.2) is 11.0 Å². The molecule has 0 bridgehead atoms. The summed E-state index contributed by atoms with van der Waals surface area (Å²) in [7, 11) is 0. The third kappa shape index (κ3) is 4.18. The highest BCUT2D eigenvalue weighted by Gasteiger charge is 2.43. The van der Waals surface area contributed by atoms with Crippen LogP contribution in [0.2, 0.25) is 0 Å². The monoisotopic (exact) mass is 357 g/mol. The highest BCUT2D eigenvalue weighted by Crippen LogP contribution is 2.29. The molecule has 2 rings (SSSR count). The average molecular weight is 357 g/mol. The molecule has 24 heavy (non-hydrogen) atoms. The average Bonchev–Trinajstić information content (AvgIpc) is 2.81. The van der Waals surface area contributed by atoms with Gasteiger partial charge in [-0.3, -0.25) is 14.3 Å². The first-order valence-corrected chi connectivity index (χ1v) is 8.08. The summed E-state index contributed by atoms with van der Waals surface area (Å²) in [5.41, 5.74) is 1.13. The highest BCUT2D eigenvalue weighted by atomic mass is 32.1. The molecule has 1 aromatic heterocycles. The fraction of sp³-hybridized carbons (Fsp3) is 0.600. The summed E-state index contributed by atoms with van der Waals surface area (Å²) in [4.78, 5) is 14.5. The van der Waals surface area contributed by atoms with E-state index in [2.05, 4.69) is 16.9 Å². The number of nitrogens with zero attached hydrogens (tertiary/aromatic N) is 1. The van der Waals surface area contributed by atoms with Crippen LogP contribution < -0.4 is 10.9 Å². The molecule has 0 spiro atoms. The van der Waals surface area contributed by atoms with Crippen molar-refractivity contribution in [3.8, 4) is 0 Å². The van der Waals surface area contributed by atoms with Crippen LogP contribution in [0, 0.1) is 4.77 Å². The number of hydrogen-bond acceptors (Lipinski definition) is 7. The maximum absolute atomic E-state index is 12.0. The van der Waals surface area contributed by atoms with Gasteiger partial charge in [0.25, 0.3) is 5.56 Å². The molecule has 4 atom stereocenters. The Hall–Kier alpha value is -1.36. The minimum absolute atomic E-state index is 0.0699.